The molecule has 0 atom stereocenters. The maximum absolute atomic E-state index is 13.8. The van der Waals surface area contributed by atoms with Crippen LogP contribution in [-0.2, 0) is 11.3 Å². The summed E-state index contributed by atoms with van der Waals surface area (Å²) in [6.07, 6.45) is 1.44. The number of thiophene rings is 1. The number of halogens is 1. The molecular weight excluding hydrogens is 355 g/mol. The number of hydrogen-bond donors (Lipinski definition) is 2. The van der Waals surface area contributed by atoms with Gasteiger partial charge in [0.25, 0.3) is 5.91 Å². The molecule has 8 heteroatoms. The summed E-state index contributed by atoms with van der Waals surface area (Å²) in [5.74, 6) is 0.149. The van der Waals surface area contributed by atoms with E-state index >= 15 is 0 Å². The van der Waals surface area contributed by atoms with Crippen LogP contribution in [0.25, 0.3) is 10.2 Å². The van der Waals surface area contributed by atoms with Crippen molar-refractivity contribution in [3.05, 3.63) is 52.4 Å². The van der Waals surface area contributed by atoms with Crippen LogP contribution in [0.5, 0.6) is 0 Å². The lowest BCUT2D eigenvalue weighted by molar-refractivity contribution is 0.0940. The van der Waals surface area contributed by atoms with Gasteiger partial charge in [-0.2, -0.15) is 0 Å². The van der Waals surface area contributed by atoms with E-state index in [2.05, 4.69) is 20.6 Å². The minimum atomic E-state index is -0.273. The van der Waals surface area contributed by atoms with Crippen LogP contribution in [0.2, 0.25) is 0 Å². The zero-order chi connectivity index (χ0) is 18.5. The van der Waals surface area contributed by atoms with Crippen molar-refractivity contribution >= 4 is 33.3 Å². The van der Waals surface area contributed by atoms with Gasteiger partial charge in [-0.15, -0.1) is 11.3 Å². The molecule has 0 unspecified atom stereocenters. The normalized spacial score (nSPS) is 10.9. The number of rotatable bonds is 7. The molecule has 2 N–H and O–H groups in total. The third-order valence-corrected chi connectivity index (χ3v) is 5.13. The van der Waals surface area contributed by atoms with E-state index in [0.717, 1.165) is 10.9 Å². The third-order valence-electron chi connectivity index (χ3n) is 3.93. The van der Waals surface area contributed by atoms with Crippen LogP contribution in [0.1, 0.15) is 20.8 Å². The van der Waals surface area contributed by atoms with Gasteiger partial charge in [0.2, 0.25) is 0 Å². The minimum absolute atomic E-state index is 0.164. The highest BCUT2D eigenvalue weighted by molar-refractivity contribution is 7.20. The average Bonchev–Trinajstić information content (AvgIpc) is 2.99. The molecule has 0 saturated heterocycles. The van der Waals surface area contributed by atoms with E-state index in [4.69, 9.17) is 4.74 Å². The number of ether oxygens (including phenoxy) is 1. The molecule has 0 saturated carbocycles. The summed E-state index contributed by atoms with van der Waals surface area (Å²) in [7, 11) is 1.58. The fourth-order valence-electron chi connectivity index (χ4n) is 2.59. The van der Waals surface area contributed by atoms with Gasteiger partial charge in [0, 0.05) is 25.8 Å². The highest BCUT2D eigenvalue weighted by atomic mass is 32.1. The predicted molar refractivity (Wildman–Crippen MR) is 100 cm³/mol. The molecule has 0 aliphatic rings. The van der Waals surface area contributed by atoms with Crippen molar-refractivity contribution in [3.8, 4) is 0 Å². The predicted octanol–water partition coefficient (Wildman–Crippen LogP) is 3.13. The zero-order valence-electron chi connectivity index (χ0n) is 14.5. The van der Waals surface area contributed by atoms with E-state index in [0.29, 0.717) is 40.8 Å². The lowest BCUT2D eigenvalue weighted by atomic mass is 10.2. The molecule has 136 valence electrons. The number of nitrogens with zero attached hydrogens (tertiary/aromatic N) is 2. The van der Waals surface area contributed by atoms with Crippen LogP contribution >= 0.6 is 11.3 Å². The van der Waals surface area contributed by atoms with Crippen LogP contribution in [-0.4, -0.2) is 36.1 Å². The van der Waals surface area contributed by atoms with Crippen molar-refractivity contribution in [2.45, 2.75) is 13.5 Å². The van der Waals surface area contributed by atoms with Crippen LogP contribution in [0, 0.1) is 12.7 Å². The monoisotopic (exact) mass is 374 g/mol. The molecule has 3 aromatic rings. The first kappa shape index (κ1) is 18.2. The number of methoxy groups -OCH3 is 1. The Morgan fingerprint density at radius 3 is 2.88 bits per heavy atom. The van der Waals surface area contributed by atoms with Gasteiger partial charge in [0.05, 0.1) is 16.9 Å². The van der Waals surface area contributed by atoms with E-state index in [1.165, 1.54) is 23.7 Å². The van der Waals surface area contributed by atoms with Crippen LogP contribution < -0.4 is 10.6 Å². The van der Waals surface area contributed by atoms with Crippen molar-refractivity contribution in [3.63, 3.8) is 0 Å². The summed E-state index contributed by atoms with van der Waals surface area (Å²) in [4.78, 5) is 22.2. The van der Waals surface area contributed by atoms with Gasteiger partial charge in [-0.25, -0.2) is 14.4 Å². The largest absolute Gasteiger partial charge is 0.383 e. The number of carbonyl (C=O) groups excluding carboxylic acids is 1. The highest BCUT2D eigenvalue weighted by Gasteiger charge is 2.19. The van der Waals surface area contributed by atoms with Gasteiger partial charge < -0.3 is 15.4 Å². The molecule has 0 bridgehead atoms. The number of hydrogen-bond acceptors (Lipinski definition) is 6. The highest BCUT2D eigenvalue weighted by Crippen LogP contribution is 2.33. The fourth-order valence-corrected chi connectivity index (χ4v) is 3.65. The first-order chi connectivity index (χ1) is 12.6. The minimum Gasteiger partial charge on any atom is -0.383 e. The van der Waals surface area contributed by atoms with Gasteiger partial charge in [-0.05, 0) is 18.6 Å². The number of amides is 1. The Labute approximate surface area is 154 Å². The summed E-state index contributed by atoms with van der Waals surface area (Å²) in [6, 6.07) is 6.58. The smallest absolute Gasteiger partial charge is 0.261 e. The summed E-state index contributed by atoms with van der Waals surface area (Å²) < 4.78 is 18.8. The summed E-state index contributed by atoms with van der Waals surface area (Å²) in [5.41, 5.74) is 1.35. The number of aryl methyl sites for hydroxylation is 1. The molecule has 0 radical (unpaired) electrons. The molecule has 0 aliphatic heterocycles. The Bertz CT molecular complexity index is 929. The van der Waals surface area contributed by atoms with Gasteiger partial charge in [-0.3, -0.25) is 4.79 Å². The first-order valence-electron chi connectivity index (χ1n) is 8.10. The molecule has 1 aromatic carbocycles. The number of nitrogens with one attached hydrogen (secondary N) is 2. The number of fused-ring (bicyclic) bond motifs is 1. The van der Waals surface area contributed by atoms with Crippen molar-refractivity contribution in [1.29, 1.82) is 0 Å². The molecular formula is C18H19FN4O2S. The number of aromatic nitrogens is 2. The van der Waals surface area contributed by atoms with E-state index in [1.54, 1.807) is 25.3 Å². The fraction of sp³-hybridized carbons (Fsp3) is 0.278. The molecule has 3 rings (SSSR count). The topological polar surface area (TPSA) is 76.1 Å². The second-order valence-corrected chi connectivity index (χ2v) is 6.65. The molecule has 6 nitrogen and oxygen atoms in total. The maximum atomic E-state index is 13.8. The third kappa shape index (κ3) is 3.81. The number of carbonyl (C=O) groups is 1. The van der Waals surface area contributed by atoms with Gasteiger partial charge in [0.1, 0.15) is 22.8 Å². The maximum Gasteiger partial charge on any atom is 0.261 e. The van der Waals surface area contributed by atoms with E-state index in [9.17, 15) is 9.18 Å². The zero-order valence-corrected chi connectivity index (χ0v) is 15.3. The van der Waals surface area contributed by atoms with Crippen molar-refractivity contribution < 1.29 is 13.9 Å². The van der Waals surface area contributed by atoms with Crippen LogP contribution in [0.3, 0.4) is 0 Å². The lowest BCUT2D eigenvalue weighted by Gasteiger charge is -2.08. The quantitative estimate of drug-likeness (QED) is 0.622. The molecule has 2 aromatic heterocycles. The Kier molecular flexibility index (Phi) is 5.75. The van der Waals surface area contributed by atoms with Gasteiger partial charge in [0.15, 0.2) is 0 Å². The molecule has 26 heavy (non-hydrogen) atoms. The average molecular weight is 374 g/mol. The standard InChI is InChI=1S/C18H19FN4O2S/c1-11-14-16(21-9-12-5-3-4-6-13(12)19)22-10-23-18(14)26-15(11)17(24)20-7-8-25-2/h3-6,10H,7-9H2,1-2H3,(H,20,24)(H,21,22,23). The lowest BCUT2D eigenvalue weighted by Crippen LogP contribution is -2.26. The Balaban J connectivity index is 1.85. The van der Waals surface area contributed by atoms with Crippen molar-refractivity contribution in [2.75, 3.05) is 25.6 Å². The SMILES string of the molecule is COCCNC(=O)c1sc2ncnc(NCc3ccccc3F)c2c1C. The van der Waals surface area contributed by atoms with Crippen LogP contribution in [0.4, 0.5) is 10.2 Å². The molecule has 0 spiro atoms. The second-order valence-electron chi connectivity index (χ2n) is 5.65. The first-order valence-corrected chi connectivity index (χ1v) is 8.92. The summed E-state index contributed by atoms with van der Waals surface area (Å²) in [5, 5.41) is 6.75. The van der Waals surface area contributed by atoms with Crippen LogP contribution in [0.15, 0.2) is 30.6 Å². The van der Waals surface area contributed by atoms with Gasteiger partial charge >= 0.3 is 0 Å². The van der Waals surface area contributed by atoms with E-state index < -0.39 is 0 Å². The Morgan fingerprint density at radius 1 is 1.31 bits per heavy atom. The molecule has 0 aliphatic carbocycles. The van der Waals surface area contributed by atoms with E-state index in [1.807, 2.05) is 6.92 Å². The molecule has 0 fully saturated rings. The number of benzene rings is 1. The molecule has 1 amide bonds. The Morgan fingerprint density at radius 2 is 2.12 bits per heavy atom. The molecule has 2 heterocycles. The second kappa shape index (κ2) is 8.20. The number of anilines is 1. The summed E-state index contributed by atoms with van der Waals surface area (Å²) in [6.45, 7) is 3.04. The Hall–Kier alpha value is -2.58. The van der Waals surface area contributed by atoms with Crippen molar-refractivity contribution in [1.82, 2.24) is 15.3 Å². The summed E-state index contributed by atoms with van der Waals surface area (Å²) >= 11 is 1.31. The van der Waals surface area contributed by atoms with Crippen molar-refractivity contribution in [2.24, 2.45) is 0 Å². The van der Waals surface area contributed by atoms with Gasteiger partial charge in [-0.1, -0.05) is 18.2 Å². The van der Waals surface area contributed by atoms with E-state index in [-0.39, 0.29) is 11.7 Å².